The highest BCUT2D eigenvalue weighted by molar-refractivity contribution is 6.05. The van der Waals surface area contributed by atoms with Crippen LogP contribution in [0.25, 0.3) is 22.4 Å². The number of aromatic nitrogens is 2. The maximum atomic E-state index is 12.7. The first kappa shape index (κ1) is 22.6. The predicted octanol–water partition coefficient (Wildman–Crippen LogP) is 3.80. The van der Waals surface area contributed by atoms with Crippen LogP contribution in [0.1, 0.15) is 33.6 Å². The molecule has 0 aliphatic heterocycles. The maximum Gasteiger partial charge on any atom is 0.255 e. The molecule has 1 saturated carbocycles. The molecule has 0 radical (unpaired) electrons. The minimum absolute atomic E-state index is 0.0455. The number of aliphatic hydroxyl groups excluding tert-OH is 1. The number of carbonyl (C=O) groups is 2. The fourth-order valence-electron chi connectivity index (χ4n) is 3.85. The van der Waals surface area contributed by atoms with E-state index in [0.29, 0.717) is 35.2 Å². The van der Waals surface area contributed by atoms with Gasteiger partial charge in [-0.25, -0.2) is 4.98 Å². The minimum Gasteiger partial charge on any atom is -0.395 e. The van der Waals surface area contributed by atoms with Gasteiger partial charge in [-0.15, -0.1) is 0 Å². The molecule has 3 aromatic carbocycles. The molecule has 1 aromatic heterocycles. The molecule has 0 unspecified atom stereocenters. The quantitative estimate of drug-likeness (QED) is 0.314. The Morgan fingerprint density at radius 2 is 1.69 bits per heavy atom. The van der Waals surface area contributed by atoms with Gasteiger partial charge in [0.05, 0.1) is 17.6 Å². The molecule has 0 spiro atoms. The highest BCUT2D eigenvalue weighted by Crippen LogP contribution is 2.24. The van der Waals surface area contributed by atoms with Gasteiger partial charge in [0, 0.05) is 47.7 Å². The summed E-state index contributed by atoms with van der Waals surface area (Å²) < 4.78 is 0. The molecule has 8 nitrogen and oxygen atoms in total. The first-order chi connectivity index (χ1) is 17.0. The van der Waals surface area contributed by atoms with E-state index in [9.17, 15) is 9.59 Å². The van der Waals surface area contributed by atoms with Gasteiger partial charge in [-0.3, -0.25) is 9.59 Å². The topological polar surface area (TPSA) is 110 Å². The van der Waals surface area contributed by atoms with Crippen molar-refractivity contribution in [2.75, 3.05) is 30.4 Å². The number of nitrogens with one attached hydrogen (secondary N) is 3. The molecule has 8 heteroatoms. The number of amides is 2. The summed E-state index contributed by atoms with van der Waals surface area (Å²) in [6.45, 7) is 0.594. The van der Waals surface area contributed by atoms with Crippen molar-refractivity contribution in [1.29, 1.82) is 0 Å². The van der Waals surface area contributed by atoms with Crippen molar-refractivity contribution in [3.8, 4) is 11.4 Å². The SMILES string of the molecule is CN(CCO)c1ccc(C(=O)Nc2ccc3nc(-c4ccc(C(=O)NC5CC5)cc4)[nH]c3c2)cc1. The highest BCUT2D eigenvalue weighted by Gasteiger charge is 2.23. The Bertz CT molecular complexity index is 1360. The number of aromatic amines is 1. The number of rotatable bonds is 8. The molecule has 1 heterocycles. The Morgan fingerprint density at radius 1 is 1.00 bits per heavy atom. The van der Waals surface area contributed by atoms with E-state index < -0.39 is 0 Å². The van der Waals surface area contributed by atoms with E-state index in [1.807, 2.05) is 54.4 Å². The van der Waals surface area contributed by atoms with E-state index in [1.54, 1.807) is 24.3 Å². The van der Waals surface area contributed by atoms with Crippen LogP contribution >= 0.6 is 0 Å². The van der Waals surface area contributed by atoms with E-state index in [1.165, 1.54) is 0 Å². The second-order valence-electron chi connectivity index (χ2n) is 8.79. The second kappa shape index (κ2) is 9.60. The number of aliphatic hydroxyl groups is 1. The van der Waals surface area contributed by atoms with Crippen molar-refractivity contribution in [3.05, 3.63) is 77.9 Å². The molecule has 0 atom stereocenters. The van der Waals surface area contributed by atoms with Crippen molar-refractivity contribution in [2.45, 2.75) is 18.9 Å². The third kappa shape index (κ3) is 5.17. The number of imidazole rings is 1. The zero-order valence-electron chi connectivity index (χ0n) is 19.4. The van der Waals surface area contributed by atoms with Crippen LogP contribution < -0.4 is 15.5 Å². The van der Waals surface area contributed by atoms with Crippen LogP contribution in [0, 0.1) is 0 Å². The van der Waals surface area contributed by atoms with E-state index in [2.05, 4.69) is 20.6 Å². The fourth-order valence-corrected chi connectivity index (χ4v) is 3.85. The first-order valence-corrected chi connectivity index (χ1v) is 11.6. The molecule has 178 valence electrons. The zero-order valence-corrected chi connectivity index (χ0v) is 19.4. The van der Waals surface area contributed by atoms with Crippen LogP contribution in [0.5, 0.6) is 0 Å². The molecule has 1 aliphatic carbocycles. The Balaban J connectivity index is 1.28. The lowest BCUT2D eigenvalue weighted by molar-refractivity contribution is 0.0950. The van der Waals surface area contributed by atoms with Gasteiger partial charge in [-0.2, -0.15) is 0 Å². The smallest absolute Gasteiger partial charge is 0.255 e. The molecule has 1 fully saturated rings. The van der Waals surface area contributed by atoms with Gasteiger partial charge in [-0.1, -0.05) is 12.1 Å². The Hall–Kier alpha value is -4.17. The lowest BCUT2D eigenvalue weighted by Gasteiger charge is -2.18. The largest absolute Gasteiger partial charge is 0.395 e. The molecule has 4 aromatic rings. The van der Waals surface area contributed by atoms with Crippen LogP contribution in [-0.2, 0) is 0 Å². The molecular weight excluding hydrogens is 442 g/mol. The molecule has 35 heavy (non-hydrogen) atoms. The van der Waals surface area contributed by atoms with Crippen LogP contribution in [0.4, 0.5) is 11.4 Å². The van der Waals surface area contributed by atoms with Crippen LogP contribution in [0.15, 0.2) is 66.7 Å². The number of fused-ring (bicyclic) bond motifs is 1. The van der Waals surface area contributed by atoms with Crippen LogP contribution in [-0.4, -0.2) is 53.1 Å². The molecule has 5 rings (SSSR count). The van der Waals surface area contributed by atoms with E-state index >= 15 is 0 Å². The summed E-state index contributed by atoms with van der Waals surface area (Å²) in [5.74, 6) is 0.441. The summed E-state index contributed by atoms with van der Waals surface area (Å²) in [7, 11) is 1.89. The van der Waals surface area contributed by atoms with Crippen molar-refractivity contribution < 1.29 is 14.7 Å². The normalized spacial score (nSPS) is 13.0. The number of nitrogens with zero attached hydrogens (tertiary/aromatic N) is 2. The number of hydrogen-bond donors (Lipinski definition) is 4. The lowest BCUT2D eigenvalue weighted by Crippen LogP contribution is -2.25. The fraction of sp³-hybridized carbons (Fsp3) is 0.222. The molecular formula is C27H27N5O3. The van der Waals surface area contributed by atoms with Gasteiger partial charge in [-0.05, 0) is 67.4 Å². The van der Waals surface area contributed by atoms with Crippen LogP contribution in [0.2, 0.25) is 0 Å². The van der Waals surface area contributed by atoms with Gasteiger partial charge >= 0.3 is 0 Å². The van der Waals surface area contributed by atoms with Gasteiger partial charge < -0.3 is 25.6 Å². The second-order valence-corrected chi connectivity index (χ2v) is 8.79. The standard InChI is InChI=1S/C27H27N5O3/c1-32(14-15-33)22-11-6-19(7-12-22)27(35)29-21-10-13-23-24(16-21)31-25(30-23)17-2-4-18(5-3-17)26(34)28-20-8-9-20/h2-7,10-13,16,20,33H,8-9,14-15H2,1H3,(H,28,34)(H,29,35)(H,30,31). The summed E-state index contributed by atoms with van der Waals surface area (Å²) in [5, 5.41) is 15.0. The number of carbonyl (C=O) groups excluding carboxylic acids is 2. The molecule has 0 bridgehead atoms. The summed E-state index contributed by atoms with van der Waals surface area (Å²) >= 11 is 0. The Morgan fingerprint density at radius 3 is 2.37 bits per heavy atom. The minimum atomic E-state index is -0.208. The van der Waals surface area contributed by atoms with Crippen molar-refractivity contribution in [3.63, 3.8) is 0 Å². The number of benzene rings is 3. The Labute approximate surface area is 203 Å². The molecule has 4 N–H and O–H groups in total. The highest BCUT2D eigenvalue weighted by atomic mass is 16.3. The van der Waals surface area contributed by atoms with Gasteiger partial charge in [0.15, 0.2) is 0 Å². The van der Waals surface area contributed by atoms with Crippen molar-refractivity contribution >= 4 is 34.2 Å². The van der Waals surface area contributed by atoms with Crippen molar-refractivity contribution in [2.24, 2.45) is 0 Å². The lowest BCUT2D eigenvalue weighted by atomic mass is 10.1. The molecule has 2 amide bonds. The summed E-state index contributed by atoms with van der Waals surface area (Å²) in [5.41, 5.74) is 5.22. The van der Waals surface area contributed by atoms with Gasteiger partial charge in [0.1, 0.15) is 5.82 Å². The van der Waals surface area contributed by atoms with E-state index in [0.717, 1.165) is 35.1 Å². The van der Waals surface area contributed by atoms with Gasteiger partial charge in [0.25, 0.3) is 11.8 Å². The summed E-state index contributed by atoms with van der Waals surface area (Å²) in [6.07, 6.45) is 2.11. The van der Waals surface area contributed by atoms with E-state index in [-0.39, 0.29) is 18.4 Å². The van der Waals surface area contributed by atoms with Crippen LogP contribution in [0.3, 0.4) is 0 Å². The number of anilines is 2. The van der Waals surface area contributed by atoms with Gasteiger partial charge in [0.2, 0.25) is 0 Å². The third-order valence-corrected chi connectivity index (χ3v) is 6.08. The average molecular weight is 470 g/mol. The third-order valence-electron chi connectivity index (χ3n) is 6.08. The monoisotopic (exact) mass is 469 g/mol. The number of H-pyrrole nitrogens is 1. The molecule has 0 saturated heterocycles. The number of likely N-dealkylation sites (N-methyl/N-ethyl adjacent to an activating group) is 1. The maximum absolute atomic E-state index is 12.7. The zero-order chi connectivity index (χ0) is 24.4. The summed E-state index contributed by atoms with van der Waals surface area (Å²) in [4.78, 5) is 34.8. The predicted molar refractivity (Wildman–Crippen MR) is 137 cm³/mol. The summed E-state index contributed by atoms with van der Waals surface area (Å²) in [6, 6.07) is 20.5. The first-order valence-electron chi connectivity index (χ1n) is 11.6. The average Bonchev–Trinajstić information content (AvgIpc) is 3.59. The number of hydrogen-bond acceptors (Lipinski definition) is 5. The van der Waals surface area contributed by atoms with Crippen molar-refractivity contribution in [1.82, 2.24) is 15.3 Å². The van der Waals surface area contributed by atoms with E-state index in [4.69, 9.17) is 5.11 Å². The molecule has 1 aliphatic rings. The Kier molecular flexibility index (Phi) is 6.20.